The van der Waals surface area contributed by atoms with Crippen LogP contribution in [-0.2, 0) is 4.74 Å². The Labute approximate surface area is 171 Å². The van der Waals surface area contributed by atoms with Crippen LogP contribution in [0.25, 0.3) is 6.08 Å². The van der Waals surface area contributed by atoms with Crippen molar-refractivity contribution in [1.82, 2.24) is 0 Å². The molecule has 1 aromatic rings. The van der Waals surface area contributed by atoms with Crippen molar-refractivity contribution in [3.63, 3.8) is 0 Å². The largest absolute Gasteiger partial charge is 0.496 e. The number of hydrogen-bond donors (Lipinski definition) is 2. The van der Waals surface area contributed by atoms with E-state index in [0.717, 1.165) is 11.1 Å². The van der Waals surface area contributed by atoms with Crippen LogP contribution < -0.4 is 10.4 Å². The van der Waals surface area contributed by atoms with E-state index in [1.54, 1.807) is 39.0 Å². The molecule has 2 heterocycles. The summed E-state index contributed by atoms with van der Waals surface area (Å²) < 4.78 is 16.1. The first-order valence-electron chi connectivity index (χ1n) is 9.49. The van der Waals surface area contributed by atoms with Gasteiger partial charge in [-0.3, -0.25) is 0 Å². The van der Waals surface area contributed by atoms with Gasteiger partial charge in [-0.15, -0.1) is 0 Å². The van der Waals surface area contributed by atoms with Gasteiger partial charge in [0.05, 0.1) is 19.3 Å². The van der Waals surface area contributed by atoms with Crippen LogP contribution >= 0.6 is 0 Å². The number of methoxy groups -OCH3 is 1. The minimum absolute atomic E-state index is 0.445. The summed E-state index contributed by atoms with van der Waals surface area (Å²) in [6, 6.07) is 1.31. The highest BCUT2D eigenvalue weighted by Crippen LogP contribution is 2.39. The summed E-state index contributed by atoms with van der Waals surface area (Å²) >= 11 is 0. The number of aliphatic hydroxyl groups is 2. The Kier molecular flexibility index (Phi) is 7.06. The zero-order valence-electron chi connectivity index (χ0n) is 17.8. The first kappa shape index (κ1) is 22.9. The Balaban J connectivity index is 2.04. The smallest absolute Gasteiger partial charge is 0.339 e. The van der Waals surface area contributed by atoms with Gasteiger partial charge in [-0.1, -0.05) is 36.0 Å². The van der Waals surface area contributed by atoms with Gasteiger partial charge in [0.2, 0.25) is 0 Å². The molecule has 0 unspecified atom stereocenters. The second-order valence-corrected chi connectivity index (χ2v) is 7.69. The van der Waals surface area contributed by atoms with E-state index in [-0.39, 0.29) is 0 Å². The van der Waals surface area contributed by atoms with Crippen LogP contribution in [0.3, 0.4) is 0 Å². The molecule has 0 saturated carbocycles. The maximum absolute atomic E-state index is 11.5. The molecule has 0 radical (unpaired) electrons. The van der Waals surface area contributed by atoms with Gasteiger partial charge in [0.25, 0.3) is 0 Å². The minimum atomic E-state index is -1.30. The molecule has 158 valence electrons. The predicted octanol–water partition coefficient (Wildman–Crippen LogP) is 3.32. The molecule has 1 fully saturated rings. The third-order valence-corrected chi connectivity index (χ3v) is 5.22. The third kappa shape index (κ3) is 5.15. The number of allylic oxidation sites excluding steroid dienone is 6. The summed E-state index contributed by atoms with van der Waals surface area (Å²) in [5.41, 5.74) is -1.08. The van der Waals surface area contributed by atoms with Gasteiger partial charge in [0, 0.05) is 5.56 Å². The number of rotatable bonds is 6. The fraction of sp³-hybridized carbons (Fsp3) is 0.435. The Morgan fingerprint density at radius 3 is 2.48 bits per heavy atom. The van der Waals surface area contributed by atoms with Crippen molar-refractivity contribution in [2.45, 2.75) is 58.0 Å². The molecule has 29 heavy (non-hydrogen) atoms. The average Bonchev–Trinajstić information content (AvgIpc) is 2.79. The summed E-state index contributed by atoms with van der Waals surface area (Å²) in [6.45, 7) is 8.79. The van der Waals surface area contributed by atoms with Crippen LogP contribution in [0, 0.1) is 6.92 Å². The minimum Gasteiger partial charge on any atom is -0.496 e. The molecule has 4 atom stereocenters. The van der Waals surface area contributed by atoms with E-state index >= 15 is 0 Å². The van der Waals surface area contributed by atoms with Crippen molar-refractivity contribution in [1.29, 1.82) is 0 Å². The lowest BCUT2D eigenvalue weighted by atomic mass is 9.86. The predicted molar refractivity (Wildman–Crippen MR) is 113 cm³/mol. The molecule has 0 amide bonds. The van der Waals surface area contributed by atoms with Gasteiger partial charge in [-0.2, -0.15) is 0 Å². The lowest BCUT2D eigenvalue weighted by Gasteiger charge is -2.28. The highest BCUT2D eigenvalue weighted by Gasteiger charge is 2.55. The lowest BCUT2D eigenvalue weighted by Crippen LogP contribution is -2.47. The first-order chi connectivity index (χ1) is 13.5. The number of ether oxygens (including phenoxy) is 2. The second kappa shape index (κ2) is 8.95. The Morgan fingerprint density at radius 1 is 1.24 bits per heavy atom. The number of aliphatic hydroxyl groups excluding tert-OH is 1. The maximum atomic E-state index is 11.5. The molecule has 0 bridgehead atoms. The zero-order chi connectivity index (χ0) is 21.8. The Morgan fingerprint density at radius 2 is 1.90 bits per heavy atom. The highest BCUT2D eigenvalue weighted by molar-refractivity contribution is 5.52. The van der Waals surface area contributed by atoms with Crippen LogP contribution in [0.15, 0.2) is 57.3 Å². The molecule has 6 nitrogen and oxygen atoms in total. The molecule has 2 rings (SSSR count). The molecular weight excluding hydrogens is 372 g/mol. The summed E-state index contributed by atoms with van der Waals surface area (Å²) in [4.78, 5) is 11.5. The Hall–Kier alpha value is -2.41. The van der Waals surface area contributed by atoms with E-state index in [1.807, 2.05) is 38.2 Å². The molecule has 1 aliphatic heterocycles. The third-order valence-electron chi connectivity index (χ3n) is 5.22. The van der Waals surface area contributed by atoms with Gasteiger partial charge in [-0.25, -0.2) is 4.79 Å². The van der Waals surface area contributed by atoms with E-state index in [0.29, 0.717) is 11.5 Å². The quantitative estimate of drug-likeness (QED) is 0.710. The van der Waals surface area contributed by atoms with Crippen molar-refractivity contribution in [2.24, 2.45) is 0 Å². The van der Waals surface area contributed by atoms with Crippen LogP contribution in [-0.4, -0.2) is 40.7 Å². The van der Waals surface area contributed by atoms with Gasteiger partial charge < -0.3 is 24.1 Å². The lowest BCUT2D eigenvalue weighted by molar-refractivity contribution is -0.0579. The number of hydrogen-bond acceptors (Lipinski definition) is 6. The van der Waals surface area contributed by atoms with E-state index < -0.39 is 29.0 Å². The van der Waals surface area contributed by atoms with Crippen molar-refractivity contribution < 1.29 is 24.1 Å². The average molecular weight is 402 g/mol. The van der Waals surface area contributed by atoms with Crippen molar-refractivity contribution in [3.8, 4) is 5.75 Å². The molecule has 1 aliphatic rings. The SMILES string of the molecule is COc1cc(=O)oc(/C=C/C=C/C=C\C(C)=C/[C@@]2(C)O[C@@H](C)[C@](C)(O)[C@H]2O)c1C. The van der Waals surface area contributed by atoms with Crippen molar-refractivity contribution in [3.05, 3.63) is 69.8 Å². The zero-order valence-corrected chi connectivity index (χ0v) is 17.8. The molecule has 0 aromatic carbocycles. The first-order valence-corrected chi connectivity index (χ1v) is 9.49. The van der Waals surface area contributed by atoms with E-state index in [9.17, 15) is 15.0 Å². The van der Waals surface area contributed by atoms with Crippen LogP contribution in [0.5, 0.6) is 5.75 Å². The molecular formula is C23H30O6. The Bertz CT molecular complexity index is 902. The van der Waals surface area contributed by atoms with Crippen LogP contribution in [0.1, 0.15) is 39.0 Å². The van der Waals surface area contributed by atoms with Gasteiger partial charge in [-0.05, 0) is 46.8 Å². The molecule has 6 heteroatoms. The summed E-state index contributed by atoms with van der Waals surface area (Å²) in [5, 5.41) is 20.8. The van der Waals surface area contributed by atoms with Crippen molar-refractivity contribution in [2.75, 3.05) is 7.11 Å². The van der Waals surface area contributed by atoms with Crippen LogP contribution in [0.4, 0.5) is 0 Å². The summed E-state index contributed by atoms with van der Waals surface area (Å²) in [7, 11) is 1.51. The molecule has 1 saturated heterocycles. The van der Waals surface area contributed by atoms with E-state index in [4.69, 9.17) is 13.9 Å². The highest BCUT2D eigenvalue weighted by atomic mass is 16.6. The normalized spacial score (nSPS) is 30.8. The standard InChI is InChI=1S/C23H30O6/c1-15(14-22(4)21(25)23(5,26)17(3)29-22)11-9-7-8-10-12-18-16(2)19(27-6)13-20(24)28-18/h7-14,17,21,25-26H,1-6H3/b8-7+,11-9-,12-10+,15-14-/t17-,21-,22+,23-/m0/s1. The van der Waals surface area contributed by atoms with Crippen molar-refractivity contribution >= 4 is 6.08 Å². The fourth-order valence-corrected chi connectivity index (χ4v) is 3.38. The molecule has 0 aliphatic carbocycles. The van der Waals surface area contributed by atoms with Gasteiger partial charge >= 0.3 is 5.63 Å². The second-order valence-electron chi connectivity index (χ2n) is 7.69. The summed E-state index contributed by atoms with van der Waals surface area (Å²) in [5.74, 6) is 0.934. The topological polar surface area (TPSA) is 89.1 Å². The van der Waals surface area contributed by atoms with Gasteiger partial charge in [0.1, 0.15) is 28.8 Å². The van der Waals surface area contributed by atoms with E-state index in [1.165, 1.54) is 13.2 Å². The van der Waals surface area contributed by atoms with Gasteiger partial charge in [0.15, 0.2) is 0 Å². The summed E-state index contributed by atoms with van der Waals surface area (Å²) in [6.07, 6.45) is 11.1. The van der Waals surface area contributed by atoms with Crippen LogP contribution in [0.2, 0.25) is 0 Å². The molecule has 2 N–H and O–H groups in total. The molecule has 0 spiro atoms. The fourth-order valence-electron chi connectivity index (χ4n) is 3.38. The maximum Gasteiger partial charge on any atom is 0.339 e. The molecule has 1 aromatic heterocycles. The monoisotopic (exact) mass is 402 g/mol. The van der Waals surface area contributed by atoms with E-state index in [2.05, 4.69) is 0 Å².